The first-order valence-corrected chi connectivity index (χ1v) is 13.5. The second-order valence-electron chi connectivity index (χ2n) is 9.01. The van der Waals surface area contributed by atoms with E-state index in [0.29, 0.717) is 44.2 Å². The summed E-state index contributed by atoms with van der Waals surface area (Å²) in [7, 11) is 1.55. The van der Waals surface area contributed by atoms with E-state index in [1.165, 1.54) is 17.9 Å². The zero-order valence-corrected chi connectivity index (χ0v) is 25.9. The Morgan fingerprint density at radius 1 is 1.07 bits per heavy atom. The van der Waals surface area contributed by atoms with Crippen molar-refractivity contribution in [1.82, 2.24) is 14.7 Å². The molecule has 0 saturated heterocycles. The van der Waals surface area contributed by atoms with Gasteiger partial charge in [0.2, 0.25) is 17.7 Å². The van der Waals surface area contributed by atoms with Crippen LogP contribution in [0.2, 0.25) is 15.2 Å². The maximum absolute atomic E-state index is 12.9. The maximum atomic E-state index is 12.9. The van der Waals surface area contributed by atoms with Gasteiger partial charge in [0.05, 0.1) is 22.9 Å². The number of hydrogen-bond donors (Lipinski definition) is 2. The van der Waals surface area contributed by atoms with E-state index in [9.17, 15) is 14.4 Å². The summed E-state index contributed by atoms with van der Waals surface area (Å²) in [5.41, 5.74) is 3.51. The third kappa shape index (κ3) is 7.74. The molecule has 0 unspecified atom stereocenters. The summed E-state index contributed by atoms with van der Waals surface area (Å²) in [5.74, 6) is -0.521. The van der Waals surface area contributed by atoms with E-state index in [2.05, 4.69) is 15.6 Å². The number of amides is 3. The van der Waals surface area contributed by atoms with Gasteiger partial charge in [0.25, 0.3) is 0 Å². The van der Waals surface area contributed by atoms with Crippen molar-refractivity contribution in [3.05, 3.63) is 92.8 Å². The summed E-state index contributed by atoms with van der Waals surface area (Å²) in [5, 5.41) is 6.34. The molecule has 2 heterocycles. The van der Waals surface area contributed by atoms with Crippen LogP contribution in [0.3, 0.4) is 0 Å². The molecule has 2 aromatic carbocycles. The lowest BCUT2D eigenvalue weighted by molar-refractivity contribution is -0.122. The van der Waals surface area contributed by atoms with Gasteiger partial charge in [0.1, 0.15) is 11.8 Å². The Bertz CT molecular complexity index is 1650. The zero-order valence-electron chi connectivity index (χ0n) is 22.8. The molecule has 0 spiro atoms. The Balaban J connectivity index is 0.00000484. The van der Waals surface area contributed by atoms with E-state index < -0.39 is 11.8 Å². The minimum absolute atomic E-state index is 0. The van der Waals surface area contributed by atoms with Crippen molar-refractivity contribution in [2.75, 3.05) is 23.8 Å². The molecule has 13 heteroatoms. The second kappa shape index (κ2) is 14.4. The van der Waals surface area contributed by atoms with Gasteiger partial charge in [-0.25, -0.2) is 4.98 Å². The first-order chi connectivity index (χ1) is 19.5. The summed E-state index contributed by atoms with van der Waals surface area (Å²) >= 11 is 19.4. The molecule has 2 N–H and O–H groups in total. The van der Waals surface area contributed by atoms with Gasteiger partial charge >= 0.3 is 0 Å². The lowest BCUT2D eigenvalue weighted by Gasteiger charge is -2.21. The number of nitrogens with zero attached hydrogens (tertiary/aromatic N) is 3. The molecule has 4 aromatic rings. The monoisotopic (exact) mass is 649 g/mol. The van der Waals surface area contributed by atoms with Gasteiger partial charge in [-0.15, -0.1) is 12.4 Å². The van der Waals surface area contributed by atoms with Gasteiger partial charge in [0, 0.05) is 42.5 Å². The highest BCUT2D eigenvalue weighted by atomic mass is 35.5. The lowest BCUT2D eigenvalue weighted by Crippen LogP contribution is -2.37. The van der Waals surface area contributed by atoms with Crippen molar-refractivity contribution in [3.8, 4) is 5.75 Å². The van der Waals surface area contributed by atoms with Gasteiger partial charge in [-0.2, -0.15) is 0 Å². The number of imidazole rings is 1. The summed E-state index contributed by atoms with van der Waals surface area (Å²) in [6.45, 7) is 2.99. The molecular weight excluding hydrogens is 624 g/mol. The predicted molar refractivity (Wildman–Crippen MR) is 169 cm³/mol. The fraction of sp³-hybridized carbons (Fsp3) is 0.172. The number of likely N-dealkylation sites (N-methyl/N-ethyl adjacent to an activating group) is 1. The molecule has 0 aliphatic heterocycles. The number of nitrogens with one attached hydrogen (secondary N) is 2. The molecule has 0 bridgehead atoms. The number of rotatable bonds is 9. The molecule has 3 amide bonds. The Morgan fingerprint density at radius 2 is 1.79 bits per heavy atom. The molecular formula is C29H27Cl4N5O4. The summed E-state index contributed by atoms with van der Waals surface area (Å²) in [6.07, 6.45) is 4.70. The van der Waals surface area contributed by atoms with Crippen molar-refractivity contribution in [2.24, 2.45) is 0 Å². The minimum atomic E-state index is -0.447. The van der Waals surface area contributed by atoms with Gasteiger partial charge in [-0.1, -0.05) is 46.9 Å². The van der Waals surface area contributed by atoms with E-state index in [4.69, 9.17) is 39.5 Å². The Hall–Kier alpha value is -3.76. The topological polar surface area (TPSA) is 105 Å². The zero-order chi connectivity index (χ0) is 29.7. The normalized spacial score (nSPS) is 10.8. The van der Waals surface area contributed by atoms with Gasteiger partial charge in [-0.05, 0) is 55.0 Å². The van der Waals surface area contributed by atoms with Crippen LogP contribution in [0.4, 0.5) is 11.4 Å². The quantitative estimate of drug-likeness (QED) is 0.205. The minimum Gasteiger partial charge on any atom is -0.485 e. The molecule has 0 aliphatic carbocycles. The molecule has 0 aliphatic rings. The van der Waals surface area contributed by atoms with Crippen LogP contribution in [0.1, 0.15) is 23.7 Å². The SMILES string of the molecule is CC(=O)Nc1ccc(/C=C/C(=O)NCC(=O)N(C)c2ccc(Cl)c(COc3cccn4c(Cl)c(C)nc34)c2Cl)cc1.Cl. The fourth-order valence-corrected chi connectivity index (χ4v) is 4.68. The van der Waals surface area contributed by atoms with Crippen LogP contribution >= 0.6 is 47.2 Å². The van der Waals surface area contributed by atoms with E-state index >= 15 is 0 Å². The van der Waals surface area contributed by atoms with E-state index in [-0.39, 0.29) is 36.5 Å². The average molecular weight is 651 g/mol. The van der Waals surface area contributed by atoms with Crippen LogP contribution in [0.15, 0.2) is 60.8 Å². The number of carbonyl (C=O) groups is 3. The molecule has 0 atom stereocenters. The third-order valence-corrected chi connectivity index (χ3v) is 7.29. The number of hydrogen-bond acceptors (Lipinski definition) is 5. The first-order valence-electron chi connectivity index (χ1n) is 12.4. The largest absolute Gasteiger partial charge is 0.485 e. The molecule has 220 valence electrons. The number of benzene rings is 2. The first kappa shape index (κ1) is 32.8. The summed E-state index contributed by atoms with van der Waals surface area (Å²) in [6, 6.07) is 13.7. The highest BCUT2D eigenvalue weighted by Gasteiger charge is 2.20. The van der Waals surface area contributed by atoms with Crippen LogP contribution < -0.4 is 20.3 Å². The lowest BCUT2D eigenvalue weighted by atomic mass is 10.2. The van der Waals surface area contributed by atoms with Crippen molar-refractivity contribution >= 4 is 88.0 Å². The van der Waals surface area contributed by atoms with Crippen LogP contribution in [0.5, 0.6) is 5.75 Å². The molecule has 0 fully saturated rings. The van der Waals surface area contributed by atoms with Crippen LogP contribution in [0.25, 0.3) is 11.7 Å². The maximum Gasteiger partial charge on any atom is 0.246 e. The van der Waals surface area contributed by atoms with Crippen LogP contribution in [0, 0.1) is 6.92 Å². The van der Waals surface area contributed by atoms with Gasteiger partial charge < -0.3 is 20.3 Å². The standard InChI is InChI=1S/C29H26Cl3N5O4.ClH/c1-17-28(32)37-14-4-5-24(29(37)34-17)41-16-21-22(30)11-12-23(27(21)31)36(3)26(40)15-33-25(39)13-8-19-6-9-20(10-7-19)35-18(2)38;/h4-14H,15-16H2,1-3H3,(H,33,39)(H,35,38);1H/b13-8+;. The van der Waals surface area contributed by atoms with E-state index in [1.54, 1.807) is 79.2 Å². The summed E-state index contributed by atoms with van der Waals surface area (Å²) in [4.78, 5) is 42.1. The van der Waals surface area contributed by atoms with E-state index in [0.717, 1.165) is 5.56 Å². The molecule has 42 heavy (non-hydrogen) atoms. The third-order valence-electron chi connectivity index (χ3n) is 6.06. The predicted octanol–water partition coefficient (Wildman–Crippen LogP) is 6.35. The number of anilines is 2. The molecule has 0 saturated carbocycles. The average Bonchev–Trinajstić information content (AvgIpc) is 3.24. The molecule has 0 radical (unpaired) electrons. The molecule has 4 rings (SSSR count). The summed E-state index contributed by atoms with van der Waals surface area (Å²) < 4.78 is 7.71. The number of ether oxygens (including phenoxy) is 1. The Labute approximate surface area is 263 Å². The van der Waals surface area contributed by atoms with Gasteiger partial charge in [0.15, 0.2) is 11.4 Å². The number of fused-ring (bicyclic) bond motifs is 1. The smallest absolute Gasteiger partial charge is 0.246 e. The fourth-order valence-electron chi connectivity index (χ4n) is 3.89. The van der Waals surface area contributed by atoms with E-state index in [1.807, 2.05) is 0 Å². The second-order valence-corrected chi connectivity index (χ2v) is 10.2. The van der Waals surface area contributed by atoms with Crippen molar-refractivity contribution in [3.63, 3.8) is 0 Å². The molecule has 9 nitrogen and oxygen atoms in total. The highest BCUT2D eigenvalue weighted by Crippen LogP contribution is 2.35. The van der Waals surface area contributed by atoms with Crippen molar-refractivity contribution < 1.29 is 19.1 Å². The number of pyridine rings is 1. The Morgan fingerprint density at radius 3 is 2.48 bits per heavy atom. The highest BCUT2D eigenvalue weighted by molar-refractivity contribution is 6.38. The van der Waals surface area contributed by atoms with Crippen molar-refractivity contribution in [2.45, 2.75) is 20.5 Å². The van der Waals surface area contributed by atoms with Crippen LogP contribution in [-0.2, 0) is 21.0 Å². The van der Waals surface area contributed by atoms with Crippen molar-refractivity contribution in [1.29, 1.82) is 0 Å². The van der Waals surface area contributed by atoms with Gasteiger partial charge in [-0.3, -0.25) is 18.8 Å². The number of halogens is 4. The molecule has 2 aromatic heterocycles. The van der Waals surface area contributed by atoms with Crippen LogP contribution in [-0.4, -0.2) is 40.7 Å². The number of aromatic nitrogens is 2. The number of carbonyl (C=O) groups excluding carboxylic acids is 3. The Kier molecular flexibility index (Phi) is 11.2. The number of aryl methyl sites for hydroxylation is 1.